The average molecular weight is 301 g/mol. The van der Waals surface area contributed by atoms with E-state index in [0.717, 1.165) is 12.8 Å². The molecule has 1 N–H and O–H groups in total. The molecule has 0 heterocycles. The van der Waals surface area contributed by atoms with Gasteiger partial charge in [0, 0.05) is 6.42 Å². The number of hydrogen-bond donors (Lipinski definition) is 1. The second-order valence-electron chi connectivity index (χ2n) is 6.03. The van der Waals surface area contributed by atoms with E-state index in [1.54, 1.807) is 0 Å². The van der Waals surface area contributed by atoms with E-state index < -0.39 is 5.97 Å². The number of rotatable bonds is 14. The number of hydrogen-bond acceptors (Lipinski definition) is 1. The third-order valence-corrected chi connectivity index (χ3v) is 3.70. The lowest BCUT2D eigenvalue weighted by Gasteiger charge is -1.98. The molecule has 0 aliphatic rings. The van der Waals surface area contributed by atoms with Gasteiger partial charge in [0.25, 0.3) is 0 Å². The Bertz CT molecular complexity index is 184. The molecule has 0 rings (SSSR count). The van der Waals surface area contributed by atoms with Gasteiger partial charge in [0.15, 0.2) is 0 Å². The monoisotopic (exact) mass is 300 g/mol. The van der Waals surface area contributed by atoms with Gasteiger partial charge in [-0.1, -0.05) is 104 Å². The normalized spacial score (nSPS) is 10.0. The molecule has 128 valence electrons. The molecule has 0 saturated heterocycles. The first-order valence-electron chi connectivity index (χ1n) is 9.40. The minimum Gasteiger partial charge on any atom is -0.481 e. The number of unbranched alkanes of at least 4 members (excludes halogenated alkanes) is 12. The van der Waals surface area contributed by atoms with Crippen molar-refractivity contribution in [2.45, 2.75) is 117 Å². The van der Waals surface area contributed by atoms with E-state index in [1.807, 2.05) is 0 Å². The van der Waals surface area contributed by atoms with Gasteiger partial charge in [-0.3, -0.25) is 4.79 Å². The molecule has 0 aliphatic carbocycles. The zero-order valence-electron chi connectivity index (χ0n) is 15.0. The highest BCUT2D eigenvalue weighted by molar-refractivity contribution is 5.66. The summed E-state index contributed by atoms with van der Waals surface area (Å²) in [4.78, 5) is 10.1. The summed E-state index contributed by atoms with van der Waals surface area (Å²) < 4.78 is 0. The highest BCUT2D eigenvalue weighted by Crippen LogP contribution is 2.08. The van der Waals surface area contributed by atoms with Gasteiger partial charge in [0.2, 0.25) is 0 Å². The molecule has 0 atom stereocenters. The largest absolute Gasteiger partial charge is 0.481 e. The third kappa shape index (κ3) is 28.4. The summed E-state index contributed by atoms with van der Waals surface area (Å²) in [5, 5.41) is 8.35. The second kappa shape index (κ2) is 21.8. The molecule has 2 nitrogen and oxygen atoms in total. The first-order chi connectivity index (χ1) is 10.2. The lowest BCUT2D eigenvalue weighted by Crippen LogP contribution is -1.93. The van der Waals surface area contributed by atoms with Crippen molar-refractivity contribution in [1.29, 1.82) is 0 Å². The molecule has 0 aromatic heterocycles. The molecule has 0 saturated carbocycles. The Balaban J connectivity index is 0. The summed E-state index contributed by atoms with van der Waals surface area (Å²) in [6.07, 6.45) is 18.6. The van der Waals surface area contributed by atoms with Crippen LogP contribution in [-0.4, -0.2) is 11.1 Å². The van der Waals surface area contributed by atoms with Gasteiger partial charge in [-0.05, 0) is 6.42 Å². The first kappa shape index (κ1) is 22.7. The Kier molecular flexibility index (Phi) is 23.6. The molecule has 0 aliphatic heterocycles. The van der Waals surface area contributed by atoms with Crippen LogP contribution in [0.3, 0.4) is 0 Å². The van der Waals surface area contributed by atoms with Gasteiger partial charge >= 0.3 is 5.97 Å². The van der Waals surface area contributed by atoms with E-state index in [1.165, 1.54) is 77.0 Å². The third-order valence-electron chi connectivity index (χ3n) is 3.70. The van der Waals surface area contributed by atoms with Gasteiger partial charge in [-0.2, -0.15) is 0 Å². The highest BCUT2D eigenvalue weighted by Gasteiger charge is 1.95. The zero-order chi connectivity index (χ0) is 16.2. The summed E-state index contributed by atoms with van der Waals surface area (Å²) >= 11 is 0. The second-order valence-corrected chi connectivity index (χ2v) is 6.03. The summed E-state index contributed by atoms with van der Waals surface area (Å²) in [5.74, 6) is -0.663. The topological polar surface area (TPSA) is 37.3 Å². The molecule has 0 bridgehead atoms. The SMILES string of the molecule is CCCCCCCCC.CCCCCCCCCC(=O)O. The van der Waals surface area contributed by atoms with Crippen LogP contribution in [0.2, 0.25) is 0 Å². The highest BCUT2D eigenvalue weighted by atomic mass is 16.4. The standard InChI is InChI=1S/C10H20O2.C9H20/c1-2-3-4-5-6-7-8-9-10(11)12;1-3-5-7-9-8-6-4-2/h2-9H2,1H3,(H,11,12);3-9H2,1-2H3. The Morgan fingerprint density at radius 1 is 0.571 bits per heavy atom. The van der Waals surface area contributed by atoms with Gasteiger partial charge < -0.3 is 5.11 Å². The molecule has 0 radical (unpaired) electrons. The Morgan fingerprint density at radius 2 is 0.857 bits per heavy atom. The Hall–Kier alpha value is -0.530. The molecule has 0 amide bonds. The van der Waals surface area contributed by atoms with Crippen molar-refractivity contribution in [2.24, 2.45) is 0 Å². The fourth-order valence-corrected chi connectivity index (χ4v) is 2.26. The van der Waals surface area contributed by atoms with Crippen LogP contribution in [0.25, 0.3) is 0 Å². The van der Waals surface area contributed by atoms with Gasteiger partial charge in [0.05, 0.1) is 0 Å². The predicted octanol–water partition coefficient (Wildman–Crippen LogP) is 6.97. The minimum absolute atomic E-state index is 0.341. The maximum Gasteiger partial charge on any atom is 0.303 e. The fourth-order valence-electron chi connectivity index (χ4n) is 2.26. The van der Waals surface area contributed by atoms with Crippen molar-refractivity contribution in [3.8, 4) is 0 Å². The average Bonchev–Trinajstić information content (AvgIpc) is 2.47. The van der Waals surface area contributed by atoms with E-state index in [4.69, 9.17) is 5.11 Å². The maximum absolute atomic E-state index is 10.1. The van der Waals surface area contributed by atoms with Crippen LogP contribution in [0.15, 0.2) is 0 Å². The van der Waals surface area contributed by atoms with Crippen molar-refractivity contribution in [3.63, 3.8) is 0 Å². The molecular weight excluding hydrogens is 260 g/mol. The van der Waals surface area contributed by atoms with Crippen molar-refractivity contribution in [3.05, 3.63) is 0 Å². The predicted molar refractivity (Wildman–Crippen MR) is 93.9 cm³/mol. The van der Waals surface area contributed by atoms with Crippen molar-refractivity contribution >= 4 is 5.97 Å². The molecular formula is C19H40O2. The lowest BCUT2D eigenvalue weighted by atomic mass is 10.1. The van der Waals surface area contributed by atoms with Crippen LogP contribution >= 0.6 is 0 Å². The maximum atomic E-state index is 10.1. The van der Waals surface area contributed by atoms with Crippen LogP contribution in [0.4, 0.5) is 0 Å². The fraction of sp³-hybridized carbons (Fsp3) is 0.947. The Labute approximate surface area is 133 Å². The number of aliphatic carboxylic acids is 1. The molecule has 0 aromatic carbocycles. The number of carboxylic acid groups (broad SMARTS) is 1. The summed E-state index contributed by atoms with van der Waals surface area (Å²) in [5.41, 5.74) is 0. The van der Waals surface area contributed by atoms with E-state index in [9.17, 15) is 4.79 Å². The molecule has 0 unspecified atom stereocenters. The molecule has 0 spiro atoms. The minimum atomic E-state index is -0.663. The molecule has 21 heavy (non-hydrogen) atoms. The van der Waals surface area contributed by atoms with Crippen LogP contribution in [0.1, 0.15) is 117 Å². The van der Waals surface area contributed by atoms with Gasteiger partial charge in [0.1, 0.15) is 0 Å². The van der Waals surface area contributed by atoms with E-state index in [-0.39, 0.29) is 0 Å². The molecule has 2 heteroatoms. The van der Waals surface area contributed by atoms with Crippen LogP contribution in [0, 0.1) is 0 Å². The van der Waals surface area contributed by atoms with E-state index in [0.29, 0.717) is 6.42 Å². The van der Waals surface area contributed by atoms with Crippen LogP contribution in [-0.2, 0) is 4.79 Å². The van der Waals surface area contributed by atoms with Crippen molar-refractivity contribution < 1.29 is 9.90 Å². The van der Waals surface area contributed by atoms with E-state index in [2.05, 4.69) is 20.8 Å². The van der Waals surface area contributed by atoms with Crippen LogP contribution < -0.4 is 0 Å². The van der Waals surface area contributed by atoms with Crippen LogP contribution in [0.5, 0.6) is 0 Å². The summed E-state index contributed by atoms with van der Waals surface area (Å²) in [7, 11) is 0. The van der Waals surface area contributed by atoms with E-state index >= 15 is 0 Å². The zero-order valence-corrected chi connectivity index (χ0v) is 15.0. The van der Waals surface area contributed by atoms with Crippen molar-refractivity contribution in [2.75, 3.05) is 0 Å². The Morgan fingerprint density at radius 3 is 1.14 bits per heavy atom. The van der Waals surface area contributed by atoms with Gasteiger partial charge in [-0.25, -0.2) is 0 Å². The smallest absolute Gasteiger partial charge is 0.303 e. The van der Waals surface area contributed by atoms with Crippen molar-refractivity contribution in [1.82, 2.24) is 0 Å². The quantitative estimate of drug-likeness (QED) is 0.352. The lowest BCUT2D eigenvalue weighted by molar-refractivity contribution is -0.137. The molecule has 0 fully saturated rings. The number of carboxylic acids is 1. The first-order valence-corrected chi connectivity index (χ1v) is 9.40. The summed E-state index contributed by atoms with van der Waals surface area (Å²) in [6.45, 7) is 6.73. The van der Waals surface area contributed by atoms with Gasteiger partial charge in [-0.15, -0.1) is 0 Å². The number of carbonyl (C=O) groups is 1. The molecule has 0 aromatic rings. The summed E-state index contributed by atoms with van der Waals surface area (Å²) in [6, 6.07) is 0.